The molecule has 0 atom stereocenters. The quantitative estimate of drug-likeness (QED) is 0.756. The van der Waals surface area contributed by atoms with Crippen LogP contribution in [0.5, 0.6) is 0 Å². The molecule has 23 heavy (non-hydrogen) atoms. The predicted octanol–water partition coefficient (Wildman–Crippen LogP) is 3.80. The van der Waals surface area contributed by atoms with Crippen LogP contribution < -0.4 is 10.6 Å². The highest BCUT2D eigenvalue weighted by Crippen LogP contribution is 2.37. The van der Waals surface area contributed by atoms with Crippen LogP contribution in [0, 0.1) is 5.82 Å². The highest BCUT2D eigenvalue weighted by atomic mass is 19.1. The fourth-order valence-corrected chi connectivity index (χ4v) is 2.79. The number of anilines is 2. The molecule has 4 rings (SSSR count). The molecule has 0 spiro atoms. The Morgan fingerprint density at radius 2 is 1.78 bits per heavy atom. The molecule has 3 aromatic rings. The monoisotopic (exact) mass is 306 g/mol. The molecule has 1 aliphatic rings. The topological polar surface area (TPSA) is 58.2 Å². The van der Waals surface area contributed by atoms with Crippen LogP contribution in [0.1, 0.15) is 20.7 Å². The number of carbonyl (C=O) groups is 2. The lowest BCUT2D eigenvalue weighted by molar-refractivity contribution is 0.102. The van der Waals surface area contributed by atoms with Crippen LogP contribution in [0.2, 0.25) is 0 Å². The average Bonchev–Trinajstić information content (AvgIpc) is 2.89. The largest absolute Gasteiger partial charge is 0.321 e. The molecule has 5 heteroatoms. The van der Waals surface area contributed by atoms with Gasteiger partial charge in [0.15, 0.2) is 0 Å². The predicted molar refractivity (Wildman–Crippen MR) is 86.3 cm³/mol. The number of hydrogen-bond donors (Lipinski definition) is 2. The Balaban J connectivity index is 1.76. The van der Waals surface area contributed by atoms with Crippen LogP contribution >= 0.6 is 0 Å². The van der Waals surface area contributed by atoms with E-state index < -0.39 is 5.82 Å². The van der Waals surface area contributed by atoms with Crippen molar-refractivity contribution in [2.45, 2.75) is 0 Å². The molecule has 1 aliphatic heterocycles. The number of halogens is 1. The van der Waals surface area contributed by atoms with Crippen LogP contribution in [0.15, 0.2) is 54.6 Å². The zero-order valence-corrected chi connectivity index (χ0v) is 11.9. The maximum Gasteiger partial charge on any atom is 0.256 e. The molecule has 0 aliphatic carbocycles. The van der Waals surface area contributed by atoms with Gasteiger partial charge in [0.25, 0.3) is 11.8 Å². The van der Waals surface area contributed by atoms with Crippen molar-refractivity contribution < 1.29 is 14.0 Å². The number of benzene rings is 3. The van der Waals surface area contributed by atoms with Gasteiger partial charge in [-0.25, -0.2) is 4.39 Å². The summed E-state index contributed by atoms with van der Waals surface area (Å²) in [6.45, 7) is 0. The summed E-state index contributed by atoms with van der Waals surface area (Å²) < 4.78 is 12.9. The van der Waals surface area contributed by atoms with Gasteiger partial charge in [0.2, 0.25) is 0 Å². The summed E-state index contributed by atoms with van der Waals surface area (Å²) in [5.41, 5.74) is 2.30. The molecule has 0 saturated heterocycles. The third-order valence-corrected chi connectivity index (χ3v) is 3.89. The maximum atomic E-state index is 12.9. The second-order valence-corrected chi connectivity index (χ2v) is 5.30. The van der Waals surface area contributed by atoms with Gasteiger partial charge in [0, 0.05) is 33.3 Å². The van der Waals surface area contributed by atoms with Gasteiger partial charge in [-0.2, -0.15) is 0 Å². The number of hydrogen-bond acceptors (Lipinski definition) is 2. The molecule has 2 N–H and O–H groups in total. The summed E-state index contributed by atoms with van der Waals surface area (Å²) in [6, 6.07) is 14.2. The van der Waals surface area contributed by atoms with E-state index in [-0.39, 0.29) is 11.8 Å². The van der Waals surface area contributed by atoms with Crippen molar-refractivity contribution in [1.82, 2.24) is 0 Å². The van der Waals surface area contributed by atoms with Gasteiger partial charge in [0.05, 0.1) is 0 Å². The first-order valence-corrected chi connectivity index (χ1v) is 7.07. The van der Waals surface area contributed by atoms with E-state index >= 15 is 0 Å². The van der Waals surface area contributed by atoms with Gasteiger partial charge in [-0.15, -0.1) is 0 Å². The van der Waals surface area contributed by atoms with E-state index in [0.29, 0.717) is 16.8 Å². The van der Waals surface area contributed by atoms with E-state index in [4.69, 9.17) is 0 Å². The lowest BCUT2D eigenvalue weighted by Crippen LogP contribution is -2.12. The molecule has 0 unspecified atom stereocenters. The Bertz CT molecular complexity index is 965. The Morgan fingerprint density at radius 3 is 2.57 bits per heavy atom. The lowest BCUT2D eigenvalue weighted by atomic mass is 10.0. The summed E-state index contributed by atoms with van der Waals surface area (Å²) in [6.07, 6.45) is 0. The van der Waals surface area contributed by atoms with Crippen LogP contribution in [0.4, 0.5) is 15.8 Å². The van der Waals surface area contributed by atoms with Crippen LogP contribution in [-0.4, -0.2) is 11.8 Å². The minimum absolute atomic E-state index is 0.146. The van der Waals surface area contributed by atoms with Crippen molar-refractivity contribution in [3.63, 3.8) is 0 Å². The number of carbonyl (C=O) groups excluding carboxylic acids is 2. The van der Waals surface area contributed by atoms with E-state index in [1.165, 1.54) is 24.3 Å². The second-order valence-electron chi connectivity index (χ2n) is 5.30. The third-order valence-electron chi connectivity index (χ3n) is 3.89. The van der Waals surface area contributed by atoms with Gasteiger partial charge >= 0.3 is 0 Å². The summed E-state index contributed by atoms with van der Waals surface area (Å²) >= 11 is 0. The molecular weight excluding hydrogens is 295 g/mol. The zero-order chi connectivity index (χ0) is 16.0. The molecule has 0 saturated carbocycles. The van der Waals surface area contributed by atoms with E-state index in [1.807, 2.05) is 6.07 Å². The molecular formula is C18H11FN2O2. The molecule has 0 radical (unpaired) electrons. The Morgan fingerprint density at radius 1 is 1.00 bits per heavy atom. The van der Waals surface area contributed by atoms with Gasteiger partial charge in [-0.05, 0) is 42.5 Å². The van der Waals surface area contributed by atoms with E-state index in [1.54, 1.807) is 24.3 Å². The van der Waals surface area contributed by atoms with Crippen molar-refractivity contribution in [1.29, 1.82) is 0 Å². The van der Waals surface area contributed by atoms with Crippen molar-refractivity contribution in [2.75, 3.05) is 10.6 Å². The second kappa shape index (κ2) is 4.91. The number of nitrogens with one attached hydrogen (secondary N) is 2. The highest BCUT2D eigenvalue weighted by molar-refractivity contribution is 6.26. The SMILES string of the molecule is O=C(Nc1ccc2c3c(cccc13)C(=O)N2)c1ccc(F)cc1. The number of rotatable bonds is 2. The fraction of sp³-hybridized carbons (Fsp3) is 0. The minimum Gasteiger partial charge on any atom is -0.321 e. The van der Waals surface area contributed by atoms with Gasteiger partial charge in [0.1, 0.15) is 5.82 Å². The van der Waals surface area contributed by atoms with Crippen molar-refractivity contribution in [2.24, 2.45) is 0 Å². The summed E-state index contributed by atoms with van der Waals surface area (Å²) in [5.74, 6) is -0.868. The van der Waals surface area contributed by atoms with E-state index in [0.717, 1.165) is 16.5 Å². The summed E-state index contributed by atoms with van der Waals surface area (Å²) in [4.78, 5) is 24.2. The fourth-order valence-electron chi connectivity index (χ4n) is 2.79. The molecule has 0 bridgehead atoms. The lowest BCUT2D eigenvalue weighted by Gasteiger charge is -2.10. The molecule has 0 fully saturated rings. The molecule has 112 valence electrons. The molecule has 1 heterocycles. The Hall–Kier alpha value is -3.21. The standard InChI is InChI=1S/C18H11FN2O2/c19-11-6-4-10(5-7-11)17(22)20-14-8-9-15-16-12(14)2-1-3-13(16)18(23)21-15/h1-9H,(H,20,22)(H,21,23). The highest BCUT2D eigenvalue weighted by Gasteiger charge is 2.22. The maximum absolute atomic E-state index is 12.9. The smallest absolute Gasteiger partial charge is 0.256 e. The molecule has 3 aromatic carbocycles. The van der Waals surface area contributed by atoms with Gasteiger partial charge in [-0.3, -0.25) is 9.59 Å². The first kappa shape index (κ1) is 13.5. The van der Waals surface area contributed by atoms with Crippen molar-refractivity contribution in [3.8, 4) is 0 Å². The van der Waals surface area contributed by atoms with Crippen LogP contribution in [0.25, 0.3) is 10.8 Å². The first-order chi connectivity index (χ1) is 11.1. The minimum atomic E-state index is -0.392. The molecule has 0 aromatic heterocycles. The molecule has 4 nitrogen and oxygen atoms in total. The normalized spacial score (nSPS) is 12.3. The zero-order valence-electron chi connectivity index (χ0n) is 11.9. The Labute approximate surface area is 130 Å². The third kappa shape index (κ3) is 2.14. The van der Waals surface area contributed by atoms with Gasteiger partial charge in [-0.1, -0.05) is 12.1 Å². The number of amides is 2. The van der Waals surface area contributed by atoms with Crippen LogP contribution in [0.3, 0.4) is 0 Å². The van der Waals surface area contributed by atoms with Crippen molar-refractivity contribution >= 4 is 34.0 Å². The average molecular weight is 306 g/mol. The summed E-state index contributed by atoms with van der Waals surface area (Å²) in [5, 5.41) is 7.20. The van der Waals surface area contributed by atoms with E-state index in [2.05, 4.69) is 10.6 Å². The van der Waals surface area contributed by atoms with E-state index in [9.17, 15) is 14.0 Å². The summed E-state index contributed by atoms with van der Waals surface area (Å²) in [7, 11) is 0. The van der Waals surface area contributed by atoms with Gasteiger partial charge < -0.3 is 10.6 Å². The first-order valence-electron chi connectivity index (χ1n) is 7.07. The van der Waals surface area contributed by atoms with Crippen molar-refractivity contribution in [3.05, 3.63) is 71.5 Å². The Kier molecular flexibility index (Phi) is 2.87. The van der Waals surface area contributed by atoms with Crippen LogP contribution in [-0.2, 0) is 0 Å². The molecule has 2 amide bonds.